The molecule has 0 amide bonds. The Labute approximate surface area is 195 Å². The van der Waals surface area contributed by atoms with Crippen LogP contribution in [0.5, 0.6) is 0 Å². The lowest BCUT2D eigenvalue weighted by atomic mass is 10.1. The van der Waals surface area contributed by atoms with E-state index in [9.17, 15) is 0 Å². The molecule has 0 unspecified atom stereocenters. The van der Waals surface area contributed by atoms with Crippen molar-refractivity contribution in [1.82, 2.24) is 0 Å². The molecule has 32 heavy (non-hydrogen) atoms. The first kappa shape index (κ1) is 22.5. The van der Waals surface area contributed by atoms with E-state index >= 15 is 0 Å². The van der Waals surface area contributed by atoms with E-state index in [1.807, 2.05) is 0 Å². The Balaban J connectivity index is 2.22. The van der Waals surface area contributed by atoms with Crippen LogP contribution in [0, 0.1) is 41.5 Å². The second-order valence-electron chi connectivity index (χ2n) is 10.2. The minimum absolute atomic E-state index is 1.07. The summed E-state index contributed by atoms with van der Waals surface area (Å²) in [5.74, 6) is 0. The van der Waals surface area contributed by atoms with Gasteiger partial charge in [0.1, 0.15) is 0 Å². The molecule has 0 radical (unpaired) electrons. The molecule has 3 aromatic carbocycles. The molecule has 0 aliphatic heterocycles. The van der Waals surface area contributed by atoms with E-state index < -0.39 is 8.07 Å². The molecule has 1 aliphatic carbocycles. The van der Waals surface area contributed by atoms with Crippen LogP contribution in [0.3, 0.4) is 0 Å². The van der Waals surface area contributed by atoms with Crippen molar-refractivity contribution in [3.8, 4) is 0 Å². The molecule has 0 heterocycles. The van der Waals surface area contributed by atoms with Gasteiger partial charge in [-0.25, -0.2) is 0 Å². The predicted octanol–water partition coefficient (Wildman–Crippen LogP) is 6.21. The molecular weight excluding hydrogens is 400 g/mol. The highest BCUT2D eigenvalue weighted by molar-refractivity contribution is 7.16. The molecule has 0 nitrogen and oxygen atoms in total. The third-order valence-electron chi connectivity index (χ3n) is 6.81. The number of rotatable bonds is 4. The lowest BCUT2D eigenvalue weighted by Gasteiger charge is -2.37. The summed E-state index contributed by atoms with van der Waals surface area (Å²) in [6, 6.07) is 21.8. The first-order valence-electron chi connectivity index (χ1n) is 11.7. The van der Waals surface area contributed by atoms with Crippen LogP contribution in [0.15, 0.2) is 77.0 Å². The van der Waals surface area contributed by atoms with Gasteiger partial charge in [0.05, 0.1) is 0 Å². The first-order chi connectivity index (χ1) is 15.1. The van der Waals surface area contributed by atoms with Crippen molar-refractivity contribution in [2.75, 3.05) is 0 Å². The number of aryl methyl sites for hydroxylation is 6. The Morgan fingerprint density at radius 3 is 1.03 bits per heavy atom. The Hall–Kier alpha value is -2.64. The Morgan fingerprint density at radius 1 is 0.469 bits per heavy atom. The highest BCUT2D eigenvalue weighted by atomic mass is 28.3. The van der Waals surface area contributed by atoms with Gasteiger partial charge in [-0.15, -0.1) is 0 Å². The lowest BCUT2D eigenvalue weighted by molar-refractivity contribution is 1.21. The molecule has 0 saturated heterocycles. The van der Waals surface area contributed by atoms with E-state index in [4.69, 9.17) is 0 Å². The molecule has 0 N–H and O–H groups in total. The second-order valence-corrected chi connectivity index (χ2v) is 14.0. The minimum atomic E-state index is -2.46. The fraction of sp³-hybridized carbons (Fsp3) is 0.290. The maximum Gasteiger partial charge on any atom is 0.176 e. The van der Waals surface area contributed by atoms with Crippen LogP contribution < -0.4 is 15.6 Å². The van der Waals surface area contributed by atoms with Crippen molar-refractivity contribution in [2.24, 2.45) is 0 Å². The molecule has 1 aliphatic rings. The quantitative estimate of drug-likeness (QED) is 0.337. The molecule has 0 bridgehead atoms. The average molecular weight is 437 g/mol. The maximum absolute atomic E-state index is 2.47. The van der Waals surface area contributed by atoms with Crippen molar-refractivity contribution in [1.29, 1.82) is 0 Å². The van der Waals surface area contributed by atoms with Crippen LogP contribution in [0.4, 0.5) is 0 Å². The van der Waals surface area contributed by atoms with E-state index in [2.05, 4.69) is 116 Å². The van der Waals surface area contributed by atoms with Crippen LogP contribution >= 0.6 is 0 Å². The molecule has 3 aromatic rings. The van der Waals surface area contributed by atoms with E-state index in [1.54, 1.807) is 5.20 Å². The fourth-order valence-electron chi connectivity index (χ4n) is 5.95. The van der Waals surface area contributed by atoms with Gasteiger partial charge < -0.3 is 0 Å². The molecule has 1 heteroatoms. The van der Waals surface area contributed by atoms with Crippen molar-refractivity contribution in [2.45, 2.75) is 61.8 Å². The smallest absolute Gasteiger partial charge is 0.0694 e. The molecule has 0 aromatic heterocycles. The molecule has 0 saturated carbocycles. The van der Waals surface area contributed by atoms with E-state index in [-0.39, 0.29) is 0 Å². The molecule has 0 atom stereocenters. The van der Waals surface area contributed by atoms with Gasteiger partial charge in [0.25, 0.3) is 0 Å². The Kier molecular flexibility index (Phi) is 5.90. The van der Waals surface area contributed by atoms with Crippen LogP contribution in [-0.4, -0.2) is 8.07 Å². The first-order valence-corrected chi connectivity index (χ1v) is 13.7. The van der Waals surface area contributed by atoms with E-state index in [0.29, 0.717) is 0 Å². The van der Waals surface area contributed by atoms with Crippen molar-refractivity contribution in [3.63, 3.8) is 0 Å². The van der Waals surface area contributed by atoms with Gasteiger partial charge in [-0.2, -0.15) is 0 Å². The summed E-state index contributed by atoms with van der Waals surface area (Å²) in [5, 5.41) is 6.20. The molecule has 164 valence electrons. The predicted molar refractivity (Wildman–Crippen MR) is 143 cm³/mol. The van der Waals surface area contributed by atoms with Gasteiger partial charge in [-0.3, -0.25) is 0 Å². The van der Waals surface area contributed by atoms with Crippen molar-refractivity contribution >= 4 is 23.6 Å². The number of hydrogen-bond donors (Lipinski definition) is 0. The third kappa shape index (κ3) is 3.95. The van der Waals surface area contributed by atoms with E-state index in [0.717, 1.165) is 6.42 Å². The van der Waals surface area contributed by atoms with Crippen LogP contribution in [0.25, 0.3) is 0 Å². The minimum Gasteiger partial charge on any atom is -0.0694 e. The summed E-state index contributed by atoms with van der Waals surface area (Å²) in [5.41, 5.74) is 11.1. The number of benzene rings is 3. The average Bonchev–Trinajstić information content (AvgIpc) is 2.98. The standard InChI is InChI=1S/C31H36Si/c1-20-9-21(2)14-28(13-20)32(31-19-26(7)12-27(31)8,29-15-22(3)10-23(4)16-29)30-17-24(5)11-25(6)18-30/h9-18H,19H2,1-8H3. The van der Waals surface area contributed by atoms with Gasteiger partial charge >= 0.3 is 0 Å². The normalized spacial score (nSPS) is 14.2. The zero-order valence-electron chi connectivity index (χ0n) is 21.0. The molecular formula is C31H36Si. The SMILES string of the molecule is CC1=CC(C)=C([Si](c2cc(C)cc(C)c2)(c2cc(C)cc(C)c2)c2cc(C)cc(C)c2)C1. The van der Waals surface area contributed by atoms with Crippen LogP contribution in [-0.2, 0) is 0 Å². The summed E-state index contributed by atoms with van der Waals surface area (Å²) < 4.78 is 0. The zero-order chi connectivity index (χ0) is 23.2. The zero-order valence-corrected chi connectivity index (χ0v) is 22.0. The van der Waals surface area contributed by atoms with E-state index in [1.165, 1.54) is 60.1 Å². The van der Waals surface area contributed by atoms with Gasteiger partial charge in [-0.1, -0.05) is 110 Å². The Morgan fingerprint density at radius 2 is 0.781 bits per heavy atom. The molecule has 0 spiro atoms. The number of hydrogen-bond acceptors (Lipinski definition) is 0. The molecule has 0 fully saturated rings. The third-order valence-corrected chi connectivity index (χ3v) is 11.8. The lowest BCUT2D eigenvalue weighted by Crippen LogP contribution is -2.69. The summed E-state index contributed by atoms with van der Waals surface area (Å²) in [6.07, 6.45) is 3.50. The number of allylic oxidation sites excluding steroid dienone is 4. The van der Waals surface area contributed by atoms with Gasteiger partial charge in [0, 0.05) is 0 Å². The van der Waals surface area contributed by atoms with Crippen LogP contribution in [0.1, 0.15) is 53.6 Å². The molecule has 4 rings (SSSR count). The topological polar surface area (TPSA) is 0 Å². The monoisotopic (exact) mass is 436 g/mol. The van der Waals surface area contributed by atoms with Crippen molar-refractivity contribution < 1.29 is 0 Å². The largest absolute Gasteiger partial charge is 0.176 e. The summed E-state index contributed by atoms with van der Waals surface area (Å²) >= 11 is 0. The van der Waals surface area contributed by atoms with Gasteiger partial charge in [0.15, 0.2) is 8.07 Å². The van der Waals surface area contributed by atoms with Gasteiger partial charge in [0.2, 0.25) is 0 Å². The Bertz CT molecular complexity index is 1080. The summed E-state index contributed by atoms with van der Waals surface area (Å²) in [7, 11) is -2.46. The van der Waals surface area contributed by atoms with Crippen molar-refractivity contribution in [3.05, 3.63) is 110 Å². The second kappa shape index (κ2) is 8.37. The highest BCUT2D eigenvalue weighted by Crippen LogP contribution is 2.33. The highest BCUT2D eigenvalue weighted by Gasteiger charge is 2.45. The maximum atomic E-state index is 2.47. The summed E-state index contributed by atoms with van der Waals surface area (Å²) in [4.78, 5) is 0. The summed E-state index contributed by atoms with van der Waals surface area (Å²) in [6.45, 7) is 18.1. The fourth-order valence-corrected chi connectivity index (χ4v) is 11.9. The van der Waals surface area contributed by atoms with Gasteiger partial charge in [-0.05, 0) is 77.4 Å². The van der Waals surface area contributed by atoms with Crippen LogP contribution in [0.2, 0.25) is 0 Å².